The molecule has 0 heterocycles. The molecule has 2 N–H and O–H groups in total. The fourth-order valence-corrected chi connectivity index (χ4v) is 1.61. The highest BCUT2D eigenvalue weighted by Gasteiger charge is 2.07. The number of nitrogens with zero attached hydrogens (tertiary/aromatic N) is 1. The van der Waals surface area contributed by atoms with Gasteiger partial charge in [0.25, 0.3) is 0 Å². The standard InChI is InChI=1S/C12H20N2/c1-3-9-14(2)10-12(13)11-7-5-4-6-8-11/h4-8,12H,3,9-10,13H2,1-2H3. The summed E-state index contributed by atoms with van der Waals surface area (Å²) in [6.45, 7) is 4.23. The van der Waals surface area contributed by atoms with E-state index in [-0.39, 0.29) is 6.04 Å². The molecule has 1 atom stereocenters. The molecule has 1 aromatic rings. The van der Waals surface area contributed by atoms with Gasteiger partial charge < -0.3 is 10.6 Å². The van der Waals surface area contributed by atoms with Crippen LogP contribution >= 0.6 is 0 Å². The van der Waals surface area contributed by atoms with Crippen LogP contribution in [0.4, 0.5) is 0 Å². The molecule has 0 bridgehead atoms. The second-order valence-corrected chi connectivity index (χ2v) is 3.78. The Kier molecular flexibility index (Phi) is 4.63. The van der Waals surface area contributed by atoms with Crippen LogP contribution in [-0.2, 0) is 0 Å². The van der Waals surface area contributed by atoms with E-state index in [0.717, 1.165) is 13.1 Å². The van der Waals surface area contributed by atoms with E-state index in [4.69, 9.17) is 5.73 Å². The van der Waals surface area contributed by atoms with Gasteiger partial charge in [-0.15, -0.1) is 0 Å². The molecule has 0 spiro atoms. The fraction of sp³-hybridized carbons (Fsp3) is 0.500. The molecule has 0 aromatic heterocycles. The van der Waals surface area contributed by atoms with Crippen molar-refractivity contribution >= 4 is 0 Å². The van der Waals surface area contributed by atoms with Gasteiger partial charge in [0, 0.05) is 12.6 Å². The Labute approximate surface area is 86.7 Å². The van der Waals surface area contributed by atoms with Crippen LogP contribution in [0.5, 0.6) is 0 Å². The van der Waals surface area contributed by atoms with Crippen molar-refractivity contribution in [2.24, 2.45) is 5.73 Å². The minimum atomic E-state index is 0.132. The third-order valence-electron chi connectivity index (χ3n) is 2.34. The number of hydrogen-bond acceptors (Lipinski definition) is 2. The van der Waals surface area contributed by atoms with Gasteiger partial charge >= 0.3 is 0 Å². The molecule has 0 aliphatic carbocycles. The average Bonchev–Trinajstić information content (AvgIpc) is 2.19. The van der Waals surface area contributed by atoms with Gasteiger partial charge in [-0.1, -0.05) is 37.3 Å². The van der Waals surface area contributed by atoms with Crippen molar-refractivity contribution in [2.75, 3.05) is 20.1 Å². The van der Waals surface area contributed by atoms with Crippen molar-refractivity contribution in [3.05, 3.63) is 35.9 Å². The van der Waals surface area contributed by atoms with Gasteiger partial charge in [0.1, 0.15) is 0 Å². The van der Waals surface area contributed by atoms with E-state index >= 15 is 0 Å². The quantitative estimate of drug-likeness (QED) is 0.773. The Bertz CT molecular complexity index is 246. The molecule has 0 fully saturated rings. The molecular formula is C12H20N2. The summed E-state index contributed by atoms with van der Waals surface area (Å²) in [5, 5.41) is 0. The van der Waals surface area contributed by atoms with Crippen molar-refractivity contribution in [3.63, 3.8) is 0 Å². The van der Waals surface area contributed by atoms with Gasteiger partial charge in [-0.25, -0.2) is 0 Å². The first-order chi connectivity index (χ1) is 6.74. The lowest BCUT2D eigenvalue weighted by Crippen LogP contribution is -2.29. The number of likely N-dealkylation sites (N-methyl/N-ethyl adjacent to an activating group) is 1. The molecule has 1 aromatic carbocycles. The van der Waals surface area contributed by atoms with Crippen LogP contribution in [0.25, 0.3) is 0 Å². The second kappa shape index (κ2) is 5.78. The SMILES string of the molecule is CCCN(C)CC(N)c1ccccc1. The summed E-state index contributed by atoms with van der Waals surface area (Å²) in [7, 11) is 2.12. The molecule has 0 aliphatic heterocycles. The molecule has 2 heteroatoms. The topological polar surface area (TPSA) is 29.3 Å². The number of nitrogens with two attached hydrogens (primary N) is 1. The monoisotopic (exact) mass is 192 g/mol. The summed E-state index contributed by atoms with van der Waals surface area (Å²) in [5.41, 5.74) is 7.30. The summed E-state index contributed by atoms with van der Waals surface area (Å²) in [6.07, 6.45) is 1.18. The van der Waals surface area contributed by atoms with Gasteiger partial charge in [0.15, 0.2) is 0 Å². The third-order valence-corrected chi connectivity index (χ3v) is 2.34. The first kappa shape index (κ1) is 11.2. The molecule has 0 saturated heterocycles. The van der Waals surface area contributed by atoms with Crippen LogP contribution < -0.4 is 5.73 Å². The van der Waals surface area contributed by atoms with Crippen molar-refractivity contribution in [3.8, 4) is 0 Å². The molecule has 0 radical (unpaired) electrons. The molecular weight excluding hydrogens is 172 g/mol. The first-order valence-corrected chi connectivity index (χ1v) is 5.23. The van der Waals surface area contributed by atoms with Crippen LogP contribution in [0, 0.1) is 0 Å². The van der Waals surface area contributed by atoms with Crippen molar-refractivity contribution in [1.82, 2.24) is 4.90 Å². The maximum Gasteiger partial charge on any atom is 0.0424 e. The molecule has 1 rings (SSSR count). The van der Waals surface area contributed by atoms with E-state index in [1.165, 1.54) is 12.0 Å². The zero-order valence-corrected chi connectivity index (χ0v) is 9.11. The molecule has 0 saturated carbocycles. The van der Waals surface area contributed by atoms with E-state index in [0.29, 0.717) is 0 Å². The van der Waals surface area contributed by atoms with Crippen LogP contribution in [0.1, 0.15) is 24.9 Å². The highest BCUT2D eigenvalue weighted by molar-refractivity contribution is 5.18. The summed E-state index contributed by atoms with van der Waals surface area (Å²) in [6, 6.07) is 10.4. The molecule has 2 nitrogen and oxygen atoms in total. The minimum absolute atomic E-state index is 0.132. The highest BCUT2D eigenvalue weighted by Crippen LogP contribution is 2.10. The summed E-state index contributed by atoms with van der Waals surface area (Å²) in [4.78, 5) is 2.28. The Morgan fingerprint density at radius 3 is 2.50 bits per heavy atom. The van der Waals surface area contributed by atoms with Gasteiger partial charge in [0.05, 0.1) is 0 Å². The summed E-state index contributed by atoms with van der Waals surface area (Å²) < 4.78 is 0. The lowest BCUT2D eigenvalue weighted by Gasteiger charge is -2.20. The number of benzene rings is 1. The maximum atomic E-state index is 6.08. The van der Waals surface area contributed by atoms with Gasteiger partial charge in [-0.3, -0.25) is 0 Å². The van der Waals surface area contributed by atoms with Crippen molar-refractivity contribution < 1.29 is 0 Å². The Hall–Kier alpha value is -0.860. The van der Waals surface area contributed by atoms with Crippen LogP contribution in [0.3, 0.4) is 0 Å². The molecule has 78 valence electrons. The maximum absolute atomic E-state index is 6.08. The Morgan fingerprint density at radius 1 is 1.29 bits per heavy atom. The third kappa shape index (κ3) is 3.48. The van der Waals surface area contributed by atoms with E-state index in [1.54, 1.807) is 0 Å². The Balaban J connectivity index is 2.46. The van der Waals surface area contributed by atoms with Crippen LogP contribution in [0.2, 0.25) is 0 Å². The normalized spacial score (nSPS) is 13.1. The lowest BCUT2D eigenvalue weighted by molar-refractivity contribution is 0.313. The predicted molar refractivity (Wildman–Crippen MR) is 61.2 cm³/mol. The van der Waals surface area contributed by atoms with E-state index in [1.807, 2.05) is 18.2 Å². The number of hydrogen-bond donors (Lipinski definition) is 1. The summed E-state index contributed by atoms with van der Waals surface area (Å²) in [5.74, 6) is 0. The first-order valence-electron chi connectivity index (χ1n) is 5.23. The zero-order chi connectivity index (χ0) is 10.4. The van der Waals surface area contributed by atoms with Gasteiger partial charge in [-0.2, -0.15) is 0 Å². The van der Waals surface area contributed by atoms with Crippen LogP contribution in [-0.4, -0.2) is 25.0 Å². The highest BCUT2D eigenvalue weighted by atomic mass is 15.1. The van der Waals surface area contributed by atoms with E-state index < -0.39 is 0 Å². The van der Waals surface area contributed by atoms with Gasteiger partial charge in [-0.05, 0) is 25.6 Å². The van der Waals surface area contributed by atoms with E-state index in [9.17, 15) is 0 Å². The molecule has 0 amide bonds. The molecule has 0 aliphatic rings. The molecule has 1 unspecified atom stereocenters. The van der Waals surface area contributed by atoms with E-state index in [2.05, 4.69) is 31.0 Å². The number of rotatable bonds is 5. The summed E-state index contributed by atoms with van der Waals surface area (Å²) >= 11 is 0. The van der Waals surface area contributed by atoms with Crippen molar-refractivity contribution in [2.45, 2.75) is 19.4 Å². The largest absolute Gasteiger partial charge is 0.323 e. The Morgan fingerprint density at radius 2 is 1.93 bits per heavy atom. The smallest absolute Gasteiger partial charge is 0.0424 e. The van der Waals surface area contributed by atoms with Crippen LogP contribution in [0.15, 0.2) is 30.3 Å². The zero-order valence-electron chi connectivity index (χ0n) is 9.11. The predicted octanol–water partition coefficient (Wildman–Crippen LogP) is 2.03. The lowest BCUT2D eigenvalue weighted by atomic mass is 10.1. The average molecular weight is 192 g/mol. The second-order valence-electron chi connectivity index (χ2n) is 3.78. The minimum Gasteiger partial charge on any atom is -0.323 e. The van der Waals surface area contributed by atoms with Gasteiger partial charge in [0.2, 0.25) is 0 Å². The fourth-order valence-electron chi connectivity index (χ4n) is 1.61. The molecule has 14 heavy (non-hydrogen) atoms. The van der Waals surface area contributed by atoms with Crippen molar-refractivity contribution in [1.29, 1.82) is 0 Å².